The van der Waals surface area contributed by atoms with Gasteiger partial charge in [-0.25, -0.2) is 4.79 Å². The number of esters is 1. The number of para-hydroxylation sites is 1. The smallest absolute Gasteiger partial charge is 0.344 e. The molecule has 0 unspecified atom stereocenters. The van der Waals surface area contributed by atoms with E-state index >= 15 is 0 Å². The van der Waals surface area contributed by atoms with Gasteiger partial charge in [0.15, 0.2) is 6.61 Å². The van der Waals surface area contributed by atoms with Crippen molar-refractivity contribution in [2.45, 2.75) is 19.8 Å². The molecule has 0 spiro atoms. The minimum Gasteiger partial charge on any atom is -0.480 e. The highest BCUT2D eigenvalue weighted by Crippen LogP contribution is 2.26. The van der Waals surface area contributed by atoms with Crippen LogP contribution in [0.25, 0.3) is 0 Å². The number of nitrogen functional groups attached to an aromatic ring is 2. The Labute approximate surface area is 125 Å². The lowest BCUT2D eigenvalue weighted by molar-refractivity contribution is -0.146. The normalized spacial score (nSPS) is 8.89. The number of carbonyl (C=O) groups is 1. The van der Waals surface area contributed by atoms with Gasteiger partial charge in [-0.05, 0) is 18.6 Å². The predicted octanol–water partition coefficient (Wildman–Crippen LogP) is 2.42. The van der Waals surface area contributed by atoms with Crippen LogP contribution in [-0.2, 0) is 9.53 Å². The van der Waals surface area contributed by atoms with Crippen LogP contribution in [0.1, 0.15) is 19.8 Å². The highest BCUT2D eigenvalue weighted by atomic mass is 35.5. The molecule has 0 saturated carbocycles. The standard InChI is InChI=1S/C12H18N2O3.2ClH/c1-2-3-7-16-11(15)8-17-10-6-4-5-9(13)12(10)14;;/h4-6H,2-3,7-8,13-14H2,1H3;2*1H. The summed E-state index contributed by atoms with van der Waals surface area (Å²) in [6.45, 7) is 2.29. The number of rotatable bonds is 6. The molecule has 0 amide bonds. The minimum atomic E-state index is -0.403. The first-order valence-electron chi connectivity index (χ1n) is 5.57. The highest BCUT2D eigenvalue weighted by molar-refractivity contribution is 5.85. The Kier molecular flexibility index (Phi) is 11.1. The highest BCUT2D eigenvalue weighted by Gasteiger charge is 2.07. The van der Waals surface area contributed by atoms with E-state index in [1.165, 1.54) is 0 Å². The summed E-state index contributed by atoms with van der Waals surface area (Å²) < 4.78 is 10.2. The minimum absolute atomic E-state index is 0. The van der Waals surface area contributed by atoms with Crippen molar-refractivity contribution in [3.63, 3.8) is 0 Å². The van der Waals surface area contributed by atoms with Crippen molar-refractivity contribution >= 4 is 42.2 Å². The zero-order valence-electron chi connectivity index (χ0n) is 10.8. The third kappa shape index (κ3) is 6.98. The van der Waals surface area contributed by atoms with Gasteiger partial charge in [-0.15, -0.1) is 24.8 Å². The number of hydrogen-bond acceptors (Lipinski definition) is 5. The van der Waals surface area contributed by atoms with Crippen LogP contribution in [0, 0.1) is 0 Å². The quantitative estimate of drug-likeness (QED) is 0.478. The van der Waals surface area contributed by atoms with Gasteiger partial charge in [0.2, 0.25) is 0 Å². The van der Waals surface area contributed by atoms with Gasteiger partial charge in [-0.3, -0.25) is 0 Å². The lowest BCUT2D eigenvalue weighted by Gasteiger charge is -2.09. The number of carbonyl (C=O) groups excluding carboxylic acids is 1. The van der Waals surface area contributed by atoms with Crippen molar-refractivity contribution in [2.75, 3.05) is 24.7 Å². The fourth-order valence-electron chi connectivity index (χ4n) is 1.20. The summed E-state index contributed by atoms with van der Waals surface area (Å²) in [5, 5.41) is 0. The first-order chi connectivity index (χ1) is 8.15. The zero-order chi connectivity index (χ0) is 12.7. The van der Waals surface area contributed by atoms with E-state index in [0.717, 1.165) is 12.8 Å². The van der Waals surface area contributed by atoms with E-state index in [0.29, 0.717) is 23.7 Å². The molecule has 0 heterocycles. The molecule has 0 saturated heterocycles. The average Bonchev–Trinajstić information content (AvgIpc) is 2.31. The topological polar surface area (TPSA) is 87.6 Å². The van der Waals surface area contributed by atoms with Crippen molar-refractivity contribution in [1.29, 1.82) is 0 Å². The summed E-state index contributed by atoms with van der Waals surface area (Å²) in [4.78, 5) is 11.3. The second kappa shape index (κ2) is 10.6. The van der Waals surface area contributed by atoms with Crippen LogP contribution in [-0.4, -0.2) is 19.2 Å². The largest absolute Gasteiger partial charge is 0.480 e. The maximum absolute atomic E-state index is 11.3. The molecular formula is C12H20Cl2N2O3. The number of halogens is 2. The summed E-state index contributed by atoms with van der Waals surface area (Å²) in [7, 11) is 0. The molecule has 5 nitrogen and oxygen atoms in total. The molecule has 0 aliphatic rings. The summed E-state index contributed by atoms with van der Waals surface area (Å²) >= 11 is 0. The van der Waals surface area contributed by atoms with Crippen molar-refractivity contribution in [1.82, 2.24) is 0 Å². The number of ether oxygens (including phenoxy) is 2. The fourth-order valence-corrected chi connectivity index (χ4v) is 1.20. The Balaban J connectivity index is 0. The number of unbranched alkanes of at least 4 members (excludes halogenated alkanes) is 1. The molecule has 0 atom stereocenters. The van der Waals surface area contributed by atoms with Crippen molar-refractivity contribution in [3.8, 4) is 5.75 Å². The third-order valence-electron chi connectivity index (χ3n) is 2.21. The molecule has 0 aliphatic carbocycles. The molecule has 0 aliphatic heterocycles. The van der Waals surface area contributed by atoms with Crippen LogP contribution >= 0.6 is 24.8 Å². The molecule has 110 valence electrons. The second-order valence-electron chi connectivity index (χ2n) is 3.62. The molecule has 1 aromatic carbocycles. The van der Waals surface area contributed by atoms with E-state index in [1.54, 1.807) is 18.2 Å². The van der Waals surface area contributed by atoms with Gasteiger partial charge in [0.1, 0.15) is 5.75 Å². The Bertz CT molecular complexity index is 389. The van der Waals surface area contributed by atoms with Crippen LogP contribution in [0.5, 0.6) is 5.75 Å². The van der Waals surface area contributed by atoms with Gasteiger partial charge in [0.25, 0.3) is 0 Å². The van der Waals surface area contributed by atoms with Gasteiger partial charge in [0, 0.05) is 0 Å². The molecule has 1 aromatic rings. The Hall–Kier alpha value is -1.33. The molecule has 0 fully saturated rings. The molecule has 0 aromatic heterocycles. The van der Waals surface area contributed by atoms with Crippen LogP contribution in [0.15, 0.2) is 18.2 Å². The number of nitrogens with two attached hydrogens (primary N) is 2. The summed E-state index contributed by atoms with van der Waals surface area (Å²) in [5.74, 6) is -0.00211. The average molecular weight is 311 g/mol. The van der Waals surface area contributed by atoms with E-state index in [9.17, 15) is 4.79 Å². The van der Waals surface area contributed by atoms with Gasteiger partial charge in [-0.1, -0.05) is 19.4 Å². The Morgan fingerprint density at radius 3 is 2.58 bits per heavy atom. The SMILES string of the molecule is CCCCOC(=O)COc1cccc(N)c1N.Cl.Cl. The van der Waals surface area contributed by atoms with E-state index in [-0.39, 0.29) is 31.4 Å². The molecule has 0 bridgehead atoms. The zero-order valence-corrected chi connectivity index (χ0v) is 12.4. The van der Waals surface area contributed by atoms with Gasteiger partial charge < -0.3 is 20.9 Å². The predicted molar refractivity (Wildman–Crippen MR) is 81.1 cm³/mol. The van der Waals surface area contributed by atoms with Crippen molar-refractivity contribution < 1.29 is 14.3 Å². The molecular weight excluding hydrogens is 291 g/mol. The third-order valence-corrected chi connectivity index (χ3v) is 2.21. The maximum Gasteiger partial charge on any atom is 0.344 e. The Morgan fingerprint density at radius 1 is 1.26 bits per heavy atom. The van der Waals surface area contributed by atoms with Gasteiger partial charge >= 0.3 is 5.97 Å². The molecule has 4 N–H and O–H groups in total. The lowest BCUT2D eigenvalue weighted by atomic mass is 10.2. The van der Waals surface area contributed by atoms with Gasteiger partial charge in [-0.2, -0.15) is 0 Å². The Morgan fingerprint density at radius 2 is 1.95 bits per heavy atom. The first kappa shape index (κ1) is 20.0. The second-order valence-corrected chi connectivity index (χ2v) is 3.62. The summed E-state index contributed by atoms with van der Waals surface area (Å²) in [5.41, 5.74) is 12.1. The van der Waals surface area contributed by atoms with E-state index in [4.69, 9.17) is 20.9 Å². The van der Waals surface area contributed by atoms with Crippen LogP contribution in [0.2, 0.25) is 0 Å². The summed E-state index contributed by atoms with van der Waals surface area (Å²) in [6.07, 6.45) is 1.84. The van der Waals surface area contributed by atoms with Crippen LogP contribution in [0.4, 0.5) is 11.4 Å². The number of benzene rings is 1. The molecule has 1 rings (SSSR count). The number of hydrogen-bond donors (Lipinski definition) is 2. The van der Waals surface area contributed by atoms with E-state index in [1.807, 2.05) is 6.92 Å². The fraction of sp³-hybridized carbons (Fsp3) is 0.417. The van der Waals surface area contributed by atoms with Crippen molar-refractivity contribution in [3.05, 3.63) is 18.2 Å². The van der Waals surface area contributed by atoms with E-state index < -0.39 is 5.97 Å². The summed E-state index contributed by atoms with van der Waals surface area (Å²) in [6, 6.07) is 5.04. The lowest BCUT2D eigenvalue weighted by Crippen LogP contribution is -2.16. The first-order valence-corrected chi connectivity index (χ1v) is 5.57. The maximum atomic E-state index is 11.3. The van der Waals surface area contributed by atoms with Crippen molar-refractivity contribution in [2.24, 2.45) is 0 Å². The van der Waals surface area contributed by atoms with E-state index in [2.05, 4.69) is 0 Å². The monoisotopic (exact) mass is 310 g/mol. The molecule has 7 heteroatoms. The number of anilines is 2. The molecule has 0 radical (unpaired) electrons. The van der Waals surface area contributed by atoms with Crippen LogP contribution < -0.4 is 16.2 Å². The van der Waals surface area contributed by atoms with Crippen LogP contribution in [0.3, 0.4) is 0 Å². The molecule has 19 heavy (non-hydrogen) atoms. The van der Waals surface area contributed by atoms with Gasteiger partial charge in [0.05, 0.1) is 18.0 Å².